The highest BCUT2D eigenvalue weighted by Crippen LogP contribution is 2.17. The van der Waals surface area contributed by atoms with E-state index in [4.69, 9.17) is 14.6 Å². The van der Waals surface area contributed by atoms with Crippen molar-refractivity contribution in [2.45, 2.75) is 26.4 Å². The first-order valence-electron chi connectivity index (χ1n) is 5.75. The molecule has 0 unspecified atom stereocenters. The fourth-order valence-electron chi connectivity index (χ4n) is 1.28. The van der Waals surface area contributed by atoms with Gasteiger partial charge in [-0.15, -0.1) is 0 Å². The number of ether oxygens (including phenoxy) is 2. The molecule has 0 aliphatic carbocycles. The van der Waals surface area contributed by atoms with Gasteiger partial charge in [0.1, 0.15) is 5.75 Å². The molecule has 1 aromatic carbocycles. The Morgan fingerprint density at radius 1 is 1.35 bits per heavy atom. The molecule has 0 bridgehead atoms. The van der Waals surface area contributed by atoms with Crippen molar-refractivity contribution in [3.8, 4) is 5.75 Å². The largest absolute Gasteiger partial charge is 0.482 e. The summed E-state index contributed by atoms with van der Waals surface area (Å²) in [6.07, 6.45) is 1.85. The predicted molar refractivity (Wildman–Crippen MR) is 63.7 cm³/mol. The van der Waals surface area contributed by atoms with E-state index < -0.39 is 0 Å². The van der Waals surface area contributed by atoms with Crippen LogP contribution in [0.2, 0.25) is 0 Å². The molecule has 17 heavy (non-hydrogen) atoms. The fourth-order valence-corrected chi connectivity index (χ4v) is 1.28. The number of carbonyl (C=O) groups excluding carboxylic acids is 1. The highest BCUT2D eigenvalue weighted by Gasteiger charge is 2.06. The third-order valence-electron chi connectivity index (χ3n) is 2.25. The quantitative estimate of drug-likeness (QED) is 0.582. The zero-order chi connectivity index (χ0) is 12.5. The van der Waals surface area contributed by atoms with Gasteiger partial charge in [0.15, 0.2) is 6.61 Å². The molecule has 0 radical (unpaired) electrons. The highest BCUT2D eigenvalue weighted by atomic mass is 16.6. The molecule has 94 valence electrons. The van der Waals surface area contributed by atoms with E-state index in [9.17, 15) is 4.79 Å². The summed E-state index contributed by atoms with van der Waals surface area (Å²) >= 11 is 0. The van der Waals surface area contributed by atoms with Gasteiger partial charge >= 0.3 is 5.97 Å². The minimum atomic E-state index is -0.383. The van der Waals surface area contributed by atoms with Crippen LogP contribution in [0.4, 0.5) is 0 Å². The average Bonchev–Trinajstić information content (AvgIpc) is 2.37. The predicted octanol–water partition coefficient (Wildman–Crippen LogP) is 1.90. The standard InChI is InChI=1S/C13H18O4/c1-2-3-8-16-13(15)10-17-12-7-5-4-6-11(12)9-14/h4-7,14H,2-3,8-10H2,1H3. The first kappa shape index (κ1) is 13.5. The molecule has 0 atom stereocenters. The number of esters is 1. The molecule has 0 heterocycles. The Kier molecular flexibility index (Phi) is 6.10. The van der Waals surface area contributed by atoms with E-state index in [2.05, 4.69) is 0 Å². The summed E-state index contributed by atoms with van der Waals surface area (Å²) in [5.41, 5.74) is 0.661. The van der Waals surface area contributed by atoms with Crippen molar-refractivity contribution in [3.63, 3.8) is 0 Å². The zero-order valence-corrected chi connectivity index (χ0v) is 10.0. The minimum Gasteiger partial charge on any atom is -0.482 e. The molecular formula is C13H18O4. The van der Waals surface area contributed by atoms with E-state index in [1.165, 1.54) is 0 Å². The molecule has 1 N–H and O–H groups in total. The van der Waals surface area contributed by atoms with Crippen LogP contribution in [0.25, 0.3) is 0 Å². The van der Waals surface area contributed by atoms with Gasteiger partial charge in [-0.05, 0) is 12.5 Å². The van der Waals surface area contributed by atoms with E-state index >= 15 is 0 Å². The minimum absolute atomic E-state index is 0.110. The van der Waals surface area contributed by atoms with Crippen LogP contribution in [0.5, 0.6) is 5.75 Å². The van der Waals surface area contributed by atoms with Gasteiger partial charge in [-0.1, -0.05) is 31.5 Å². The van der Waals surface area contributed by atoms with Gasteiger partial charge in [0.2, 0.25) is 0 Å². The summed E-state index contributed by atoms with van der Waals surface area (Å²) in [4.78, 5) is 11.3. The van der Waals surface area contributed by atoms with Crippen LogP contribution in [0.3, 0.4) is 0 Å². The molecule has 0 aliphatic rings. The van der Waals surface area contributed by atoms with Gasteiger partial charge in [0.05, 0.1) is 13.2 Å². The molecule has 1 aromatic rings. The lowest BCUT2D eigenvalue weighted by Crippen LogP contribution is -2.16. The zero-order valence-electron chi connectivity index (χ0n) is 10.0. The van der Waals surface area contributed by atoms with Crippen molar-refractivity contribution < 1.29 is 19.4 Å². The Bertz CT molecular complexity index is 349. The van der Waals surface area contributed by atoms with Crippen molar-refractivity contribution >= 4 is 5.97 Å². The van der Waals surface area contributed by atoms with Crippen LogP contribution in [-0.4, -0.2) is 24.3 Å². The lowest BCUT2D eigenvalue weighted by Gasteiger charge is -2.09. The van der Waals surface area contributed by atoms with Gasteiger partial charge in [-0.2, -0.15) is 0 Å². The fraction of sp³-hybridized carbons (Fsp3) is 0.462. The summed E-state index contributed by atoms with van der Waals surface area (Å²) in [6, 6.07) is 7.05. The third kappa shape index (κ3) is 4.87. The van der Waals surface area contributed by atoms with Crippen molar-refractivity contribution in [3.05, 3.63) is 29.8 Å². The lowest BCUT2D eigenvalue weighted by molar-refractivity contribution is -0.146. The number of aliphatic hydroxyl groups is 1. The second kappa shape index (κ2) is 7.68. The van der Waals surface area contributed by atoms with Gasteiger partial charge in [0.25, 0.3) is 0 Å². The molecule has 0 aliphatic heterocycles. The number of hydrogen-bond donors (Lipinski definition) is 1. The van der Waals surface area contributed by atoms with Gasteiger partial charge in [-0.25, -0.2) is 4.79 Å². The second-order valence-electron chi connectivity index (χ2n) is 3.63. The third-order valence-corrected chi connectivity index (χ3v) is 2.25. The van der Waals surface area contributed by atoms with E-state index in [-0.39, 0.29) is 19.2 Å². The van der Waals surface area contributed by atoms with Crippen molar-refractivity contribution in [1.29, 1.82) is 0 Å². The monoisotopic (exact) mass is 238 g/mol. The van der Waals surface area contributed by atoms with Crippen molar-refractivity contribution in [1.82, 2.24) is 0 Å². The van der Waals surface area contributed by atoms with E-state index in [1.807, 2.05) is 6.92 Å². The first-order valence-corrected chi connectivity index (χ1v) is 5.75. The van der Waals surface area contributed by atoms with E-state index in [0.29, 0.717) is 17.9 Å². The van der Waals surface area contributed by atoms with Gasteiger partial charge < -0.3 is 14.6 Å². The summed E-state index contributed by atoms with van der Waals surface area (Å²) < 4.78 is 10.2. The molecule has 0 aromatic heterocycles. The molecule has 0 fully saturated rings. The summed E-state index contributed by atoms with van der Waals surface area (Å²) in [7, 11) is 0. The van der Waals surface area contributed by atoms with E-state index in [0.717, 1.165) is 12.8 Å². The summed E-state index contributed by atoms with van der Waals surface area (Å²) in [6.45, 7) is 2.23. The maximum atomic E-state index is 11.3. The number of para-hydroxylation sites is 1. The van der Waals surface area contributed by atoms with E-state index in [1.54, 1.807) is 24.3 Å². The molecule has 0 amide bonds. The Hall–Kier alpha value is -1.55. The van der Waals surface area contributed by atoms with Gasteiger partial charge in [-0.3, -0.25) is 0 Å². The normalized spacial score (nSPS) is 10.0. The Morgan fingerprint density at radius 3 is 2.82 bits per heavy atom. The van der Waals surface area contributed by atoms with Gasteiger partial charge in [0, 0.05) is 5.56 Å². The van der Waals surface area contributed by atoms with Crippen molar-refractivity contribution in [2.75, 3.05) is 13.2 Å². The summed E-state index contributed by atoms with van der Waals surface area (Å²) in [5, 5.41) is 9.06. The van der Waals surface area contributed by atoms with Crippen LogP contribution in [0.15, 0.2) is 24.3 Å². The molecule has 0 saturated heterocycles. The number of unbranched alkanes of at least 4 members (excludes halogenated alkanes) is 1. The summed E-state index contributed by atoms with van der Waals surface area (Å²) in [5.74, 6) is 0.133. The average molecular weight is 238 g/mol. The highest BCUT2D eigenvalue weighted by molar-refractivity contribution is 5.71. The Balaban J connectivity index is 2.36. The maximum Gasteiger partial charge on any atom is 0.344 e. The van der Waals surface area contributed by atoms with Crippen LogP contribution < -0.4 is 4.74 Å². The van der Waals surface area contributed by atoms with Crippen molar-refractivity contribution in [2.24, 2.45) is 0 Å². The molecule has 4 heteroatoms. The van der Waals surface area contributed by atoms with Crippen LogP contribution in [0.1, 0.15) is 25.3 Å². The number of benzene rings is 1. The molecule has 0 spiro atoms. The molecule has 0 saturated carbocycles. The lowest BCUT2D eigenvalue weighted by atomic mass is 10.2. The number of carbonyl (C=O) groups is 1. The number of rotatable bonds is 7. The molecular weight excluding hydrogens is 220 g/mol. The SMILES string of the molecule is CCCCOC(=O)COc1ccccc1CO. The Morgan fingerprint density at radius 2 is 2.12 bits per heavy atom. The van der Waals surface area contributed by atoms with Crippen LogP contribution in [0, 0.1) is 0 Å². The number of hydrogen-bond acceptors (Lipinski definition) is 4. The van der Waals surface area contributed by atoms with Crippen LogP contribution in [-0.2, 0) is 16.1 Å². The maximum absolute atomic E-state index is 11.3. The number of aliphatic hydroxyl groups excluding tert-OH is 1. The van der Waals surface area contributed by atoms with Crippen LogP contribution >= 0.6 is 0 Å². The Labute approximate surface area is 101 Å². The first-order chi connectivity index (χ1) is 8.27. The molecule has 4 nitrogen and oxygen atoms in total. The topological polar surface area (TPSA) is 55.8 Å². The second-order valence-corrected chi connectivity index (χ2v) is 3.63. The molecule has 1 rings (SSSR count). The smallest absolute Gasteiger partial charge is 0.344 e.